The maximum atomic E-state index is 11.3. The van der Waals surface area contributed by atoms with E-state index in [0.29, 0.717) is 12.6 Å². The molecule has 2 fully saturated rings. The lowest BCUT2D eigenvalue weighted by Crippen LogP contribution is -2.45. The van der Waals surface area contributed by atoms with E-state index in [1.165, 1.54) is 38.5 Å². The van der Waals surface area contributed by atoms with Crippen LogP contribution in [0.1, 0.15) is 52.4 Å². The second-order valence-corrected chi connectivity index (χ2v) is 6.59. The molecule has 0 bridgehead atoms. The zero-order valence-corrected chi connectivity index (χ0v) is 11.2. The summed E-state index contributed by atoms with van der Waals surface area (Å²) in [4.78, 5) is 11.3. The Bertz CT molecular complexity index is 284. The molecule has 2 atom stereocenters. The van der Waals surface area contributed by atoms with Crippen LogP contribution in [0.2, 0.25) is 0 Å². The summed E-state index contributed by atoms with van der Waals surface area (Å²) in [7, 11) is 0. The summed E-state index contributed by atoms with van der Waals surface area (Å²) < 4.78 is 0. The Labute approximate surface area is 105 Å². The first kappa shape index (κ1) is 12.9. The highest BCUT2D eigenvalue weighted by Crippen LogP contribution is 2.43. The molecule has 3 nitrogen and oxygen atoms in total. The molecular formula is C14H26N2O. The minimum Gasteiger partial charge on any atom is -0.369 e. The molecule has 0 heterocycles. The molecule has 17 heavy (non-hydrogen) atoms. The fourth-order valence-corrected chi connectivity index (χ4v) is 2.90. The standard InChI is InChI=1S/C14H26N2O/c1-14(2,13(15)17)9-16-12-5-3-4-11(8-12)10-6-7-10/h10-12,16H,3-9H2,1-2H3,(H2,15,17). The molecule has 0 saturated heterocycles. The quantitative estimate of drug-likeness (QED) is 0.770. The average molecular weight is 238 g/mol. The SMILES string of the molecule is CC(C)(CNC1CCCC(C2CC2)C1)C(N)=O. The van der Waals surface area contributed by atoms with Crippen molar-refractivity contribution >= 4 is 5.91 Å². The summed E-state index contributed by atoms with van der Waals surface area (Å²) >= 11 is 0. The van der Waals surface area contributed by atoms with Crippen molar-refractivity contribution in [1.29, 1.82) is 0 Å². The third-order valence-corrected chi connectivity index (χ3v) is 4.50. The van der Waals surface area contributed by atoms with E-state index in [1.807, 2.05) is 13.8 Å². The fraction of sp³-hybridized carbons (Fsp3) is 0.929. The molecule has 0 spiro atoms. The van der Waals surface area contributed by atoms with Gasteiger partial charge in [0.15, 0.2) is 0 Å². The van der Waals surface area contributed by atoms with Gasteiger partial charge in [-0.3, -0.25) is 4.79 Å². The van der Waals surface area contributed by atoms with Gasteiger partial charge in [-0.25, -0.2) is 0 Å². The highest BCUT2D eigenvalue weighted by Gasteiger charge is 2.35. The topological polar surface area (TPSA) is 55.1 Å². The van der Waals surface area contributed by atoms with Crippen LogP contribution in [0.4, 0.5) is 0 Å². The average Bonchev–Trinajstić information content (AvgIpc) is 3.10. The number of hydrogen-bond donors (Lipinski definition) is 2. The van der Waals surface area contributed by atoms with Gasteiger partial charge in [0.25, 0.3) is 0 Å². The van der Waals surface area contributed by atoms with Crippen LogP contribution in [0.25, 0.3) is 0 Å². The molecule has 3 heteroatoms. The molecule has 0 radical (unpaired) electrons. The van der Waals surface area contributed by atoms with Gasteiger partial charge in [0.2, 0.25) is 5.91 Å². The molecule has 3 N–H and O–H groups in total. The van der Waals surface area contributed by atoms with Gasteiger partial charge in [-0.05, 0) is 51.4 Å². The van der Waals surface area contributed by atoms with E-state index >= 15 is 0 Å². The number of carbonyl (C=O) groups excluding carboxylic acids is 1. The molecular weight excluding hydrogens is 212 g/mol. The van der Waals surface area contributed by atoms with Gasteiger partial charge < -0.3 is 11.1 Å². The number of amides is 1. The summed E-state index contributed by atoms with van der Waals surface area (Å²) in [6.07, 6.45) is 8.23. The van der Waals surface area contributed by atoms with E-state index in [0.717, 1.165) is 11.8 Å². The van der Waals surface area contributed by atoms with Crippen LogP contribution in [0, 0.1) is 17.3 Å². The first-order chi connectivity index (χ1) is 7.99. The van der Waals surface area contributed by atoms with Crippen LogP contribution < -0.4 is 11.1 Å². The van der Waals surface area contributed by atoms with Crippen molar-refractivity contribution in [2.45, 2.75) is 58.4 Å². The Balaban J connectivity index is 1.76. The zero-order chi connectivity index (χ0) is 12.5. The third kappa shape index (κ3) is 3.44. The summed E-state index contributed by atoms with van der Waals surface area (Å²) in [6.45, 7) is 4.55. The number of nitrogens with one attached hydrogen (secondary N) is 1. The summed E-state index contributed by atoms with van der Waals surface area (Å²) in [5, 5.41) is 3.56. The fourth-order valence-electron chi connectivity index (χ4n) is 2.90. The maximum Gasteiger partial charge on any atom is 0.224 e. The van der Waals surface area contributed by atoms with Crippen LogP contribution in [-0.2, 0) is 4.79 Å². The molecule has 2 rings (SSSR count). The van der Waals surface area contributed by atoms with Gasteiger partial charge in [0.1, 0.15) is 0 Å². The van der Waals surface area contributed by atoms with E-state index in [2.05, 4.69) is 5.32 Å². The molecule has 0 aromatic heterocycles. The van der Waals surface area contributed by atoms with Gasteiger partial charge in [-0.15, -0.1) is 0 Å². The number of carbonyl (C=O) groups is 1. The van der Waals surface area contributed by atoms with Crippen molar-refractivity contribution in [3.8, 4) is 0 Å². The lowest BCUT2D eigenvalue weighted by atomic mass is 9.82. The summed E-state index contributed by atoms with van der Waals surface area (Å²) in [5.41, 5.74) is 4.97. The Kier molecular flexibility index (Phi) is 3.76. The second kappa shape index (κ2) is 4.97. The molecule has 98 valence electrons. The van der Waals surface area contributed by atoms with Gasteiger partial charge in [0.05, 0.1) is 5.41 Å². The van der Waals surface area contributed by atoms with Crippen molar-refractivity contribution in [2.24, 2.45) is 23.0 Å². The molecule has 2 aliphatic carbocycles. The predicted molar refractivity (Wildman–Crippen MR) is 69.4 cm³/mol. The van der Waals surface area contributed by atoms with E-state index in [1.54, 1.807) is 0 Å². The van der Waals surface area contributed by atoms with Crippen molar-refractivity contribution in [3.63, 3.8) is 0 Å². The first-order valence-corrected chi connectivity index (χ1v) is 7.02. The molecule has 0 aromatic rings. The lowest BCUT2D eigenvalue weighted by molar-refractivity contribution is -0.125. The van der Waals surface area contributed by atoms with Crippen LogP contribution in [0.3, 0.4) is 0 Å². The molecule has 0 aromatic carbocycles. The smallest absolute Gasteiger partial charge is 0.224 e. The molecule has 2 aliphatic rings. The molecule has 2 unspecified atom stereocenters. The first-order valence-electron chi connectivity index (χ1n) is 7.02. The van der Waals surface area contributed by atoms with Crippen LogP contribution in [0.15, 0.2) is 0 Å². The Hall–Kier alpha value is -0.570. The van der Waals surface area contributed by atoms with Gasteiger partial charge in [-0.1, -0.05) is 12.8 Å². The van der Waals surface area contributed by atoms with Crippen molar-refractivity contribution in [1.82, 2.24) is 5.32 Å². The number of nitrogens with two attached hydrogens (primary N) is 1. The van der Waals surface area contributed by atoms with E-state index in [9.17, 15) is 4.79 Å². The molecule has 1 amide bonds. The van der Waals surface area contributed by atoms with Gasteiger partial charge in [-0.2, -0.15) is 0 Å². The minimum absolute atomic E-state index is 0.209. The van der Waals surface area contributed by atoms with Crippen LogP contribution in [-0.4, -0.2) is 18.5 Å². The maximum absolute atomic E-state index is 11.3. The predicted octanol–water partition coefficient (Wildman–Crippen LogP) is 2.06. The number of hydrogen-bond acceptors (Lipinski definition) is 2. The van der Waals surface area contributed by atoms with Crippen LogP contribution in [0.5, 0.6) is 0 Å². The summed E-state index contributed by atoms with van der Waals surface area (Å²) in [6, 6.07) is 0.605. The van der Waals surface area contributed by atoms with Crippen LogP contribution >= 0.6 is 0 Å². The number of primary amides is 1. The van der Waals surface area contributed by atoms with Gasteiger partial charge in [0, 0.05) is 12.6 Å². The van der Waals surface area contributed by atoms with Crippen molar-refractivity contribution in [3.05, 3.63) is 0 Å². The van der Waals surface area contributed by atoms with E-state index in [4.69, 9.17) is 5.73 Å². The zero-order valence-electron chi connectivity index (χ0n) is 11.2. The Morgan fingerprint density at radius 2 is 1.94 bits per heavy atom. The third-order valence-electron chi connectivity index (χ3n) is 4.50. The monoisotopic (exact) mass is 238 g/mol. The largest absolute Gasteiger partial charge is 0.369 e. The second-order valence-electron chi connectivity index (χ2n) is 6.59. The highest BCUT2D eigenvalue weighted by molar-refractivity contribution is 5.80. The Morgan fingerprint density at radius 1 is 1.24 bits per heavy atom. The van der Waals surface area contributed by atoms with Crippen molar-refractivity contribution < 1.29 is 4.79 Å². The minimum atomic E-state index is -0.424. The van der Waals surface area contributed by atoms with Crippen molar-refractivity contribution in [2.75, 3.05) is 6.54 Å². The highest BCUT2D eigenvalue weighted by atomic mass is 16.1. The van der Waals surface area contributed by atoms with E-state index < -0.39 is 5.41 Å². The van der Waals surface area contributed by atoms with E-state index in [-0.39, 0.29) is 5.91 Å². The lowest BCUT2D eigenvalue weighted by Gasteiger charge is -2.32. The number of rotatable bonds is 5. The van der Waals surface area contributed by atoms with Gasteiger partial charge >= 0.3 is 0 Å². The summed E-state index contributed by atoms with van der Waals surface area (Å²) in [5.74, 6) is 1.75. The Morgan fingerprint density at radius 3 is 2.53 bits per heavy atom. The molecule has 2 saturated carbocycles. The molecule has 0 aliphatic heterocycles. The normalized spacial score (nSPS) is 30.2.